The monoisotopic (exact) mass is 155 g/mol. The van der Waals surface area contributed by atoms with Crippen molar-refractivity contribution in [3.63, 3.8) is 0 Å². The molecule has 3 N–H and O–H groups in total. The SMILES string of the molecule is CC(CCN)C(=O)NCC#N. The third-order valence-corrected chi connectivity index (χ3v) is 1.39. The Bertz CT molecular complexity index is 162. The maximum atomic E-state index is 11.0. The number of nitrogens with one attached hydrogen (secondary N) is 1. The lowest BCUT2D eigenvalue weighted by atomic mass is 10.1. The first-order valence-corrected chi connectivity index (χ1v) is 3.57. The van der Waals surface area contributed by atoms with Gasteiger partial charge in [0.2, 0.25) is 5.91 Å². The Kier molecular flexibility index (Phi) is 5.13. The van der Waals surface area contributed by atoms with Crippen molar-refractivity contribution in [3.05, 3.63) is 0 Å². The van der Waals surface area contributed by atoms with Crippen LogP contribution in [0.4, 0.5) is 0 Å². The highest BCUT2D eigenvalue weighted by molar-refractivity contribution is 5.78. The molecule has 0 aromatic carbocycles. The van der Waals surface area contributed by atoms with E-state index in [1.54, 1.807) is 6.92 Å². The average Bonchev–Trinajstić information content (AvgIpc) is 2.00. The quantitative estimate of drug-likeness (QED) is 0.543. The van der Waals surface area contributed by atoms with Crippen LogP contribution in [0.3, 0.4) is 0 Å². The van der Waals surface area contributed by atoms with Crippen molar-refractivity contribution in [3.8, 4) is 6.07 Å². The second kappa shape index (κ2) is 5.69. The van der Waals surface area contributed by atoms with Crippen molar-refractivity contribution in [1.29, 1.82) is 5.26 Å². The molecule has 0 aromatic heterocycles. The molecule has 0 heterocycles. The molecule has 4 heteroatoms. The van der Waals surface area contributed by atoms with Gasteiger partial charge in [0.1, 0.15) is 6.54 Å². The summed E-state index contributed by atoms with van der Waals surface area (Å²) in [5.41, 5.74) is 5.25. The van der Waals surface area contributed by atoms with Gasteiger partial charge in [0.15, 0.2) is 0 Å². The van der Waals surface area contributed by atoms with Crippen LogP contribution < -0.4 is 11.1 Å². The summed E-state index contributed by atoms with van der Waals surface area (Å²) in [6, 6.07) is 1.83. The van der Waals surface area contributed by atoms with E-state index in [1.165, 1.54) is 0 Å². The number of amides is 1. The van der Waals surface area contributed by atoms with Crippen molar-refractivity contribution in [1.82, 2.24) is 5.32 Å². The summed E-state index contributed by atoms with van der Waals surface area (Å²) in [5.74, 6) is -0.189. The first-order chi connectivity index (χ1) is 5.22. The molecule has 1 atom stereocenters. The van der Waals surface area contributed by atoms with Crippen molar-refractivity contribution >= 4 is 5.91 Å². The Balaban J connectivity index is 3.57. The Morgan fingerprint density at radius 1 is 1.82 bits per heavy atom. The number of nitriles is 1. The van der Waals surface area contributed by atoms with Gasteiger partial charge in [-0.3, -0.25) is 4.79 Å². The Morgan fingerprint density at radius 2 is 2.45 bits per heavy atom. The van der Waals surface area contributed by atoms with Gasteiger partial charge in [-0.15, -0.1) is 0 Å². The minimum absolute atomic E-state index is 0.0771. The Morgan fingerprint density at radius 3 is 2.91 bits per heavy atom. The summed E-state index contributed by atoms with van der Waals surface area (Å²) in [6.07, 6.45) is 0.664. The van der Waals surface area contributed by atoms with E-state index in [0.717, 1.165) is 0 Å². The van der Waals surface area contributed by atoms with Gasteiger partial charge in [0.05, 0.1) is 6.07 Å². The normalized spacial score (nSPS) is 11.7. The van der Waals surface area contributed by atoms with E-state index in [-0.39, 0.29) is 18.4 Å². The molecule has 0 aliphatic carbocycles. The van der Waals surface area contributed by atoms with Crippen LogP contribution in [-0.4, -0.2) is 19.0 Å². The number of carbonyl (C=O) groups excluding carboxylic acids is 1. The third-order valence-electron chi connectivity index (χ3n) is 1.39. The summed E-state index contributed by atoms with van der Waals surface area (Å²) in [7, 11) is 0. The van der Waals surface area contributed by atoms with E-state index in [9.17, 15) is 4.79 Å². The predicted octanol–water partition coefficient (Wildman–Crippen LogP) is -0.389. The molecule has 0 aliphatic heterocycles. The van der Waals surface area contributed by atoms with Crippen LogP contribution in [-0.2, 0) is 4.79 Å². The van der Waals surface area contributed by atoms with Gasteiger partial charge in [0.25, 0.3) is 0 Å². The topological polar surface area (TPSA) is 78.9 Å². The molecular weight excluding hydrogens is 142 g/mol. The third kappa shape index (κ3) is 4.34. The van der Waals surface area contributed by atoms with Crippen molar-refractivity contribution in [2.45, 2.75) is 13.3 Å². The van der Waals surface area contributed by atoms with Gasteiger partial charge in [-0.25, -0.2) is 0 Å². The first kappa shape index (κ1) is 9.92. The van der Waals surface area contributed by atoms with E-state index >= 15 is 0 Å². The molecule has 62 valence electrons. The molecule has 0 aliphatic rings. The number of rotatable bonds is 4. The second-order valence-electron chi connectivity index (χ2n) is 2.35. The van der Waals surface area contributed by atoms with E-state index in [1.807, 2.05) is 6.07 Å². The van der Waals surface area contributed by atoms with Crippen molar-refractivity contribution in [2.24, 2.45) is 11.7 Å². The fourth-order valence-corrected chi connectivity index (χ4v) is 0.682. The number of hydrogen-bond donors (Lipinski definition) is 2. The van der Waals surface area contributed by atoms with Crippen LogP contribution in [0.2, 0.25) is 0 Å². The molecule has 1 unspecified atom stereocenters. The lowest BCUT2D eigenvalue weighted by molar-refractivity contribution is -0.124. The minimum Gasteiger partial charge on any atom is -0.343 e. The first-order valence-electron chi connectivity index (χ1n) is 3.57. The van der Waals surface area contributed by atoms with Crippen LogP contribution in [0.15, 0.2) is 0 Å². The van der Waals surface area contributed by atoms with Crippen LogP contribution in [0.1, 0.15) is 13.3 Å². The number of nitrogens with zero attached hydrogens (tertiary/aromatic N) is 1. The molecular formula is C7H13N3O. The summed E-state index contributed by atoms with van der Waals surface area (Å²) < 4.78 is 0. The lowest BCUT2D eigenvalue weighted by Crippen LogP contribution is -2.30. The molecule has 4 nitrogen and oxygen atoms in total. The van der Waals surface area contributed by atoms with Gasteiger partial charge in [-0.05, 0) is 13.0 Å². The summed E-state index contributed by atoms with van der Waals surface area (Å²) in [4.78, 5) is 11.0. The molecule has 0 aromatic rings. The molecule has 0 fully saturated rings. The molecule has 0 spiro atoms. The highest BCUT2D eigenvalue weighted by Gasteiger charge is 2.09. The second-order valence-corrected chi connectivity index (χ2v) is 2.35. The van der Waals surface area contributed by atoms with Gasteiger partial charge in [-0.1, -0.05) is 6.92 Å². The van der Waals surface area contributed by atoms with Crippen LogP contribution in [0.25, 0.3) is 0 Å². The molecule has 11 heavy (non-hydrogen) atoms. The zero-order chi connectivity index (χ0) is 8.69. The zero-order valence-corrected chi connectivity index (χ0v) is 6.63. The Hall–Kier alpha value is -1.08. The van der Waals surface area contributed by atoms with E-state index in [4.69, 9.17) is 11.0 Å². The fraction of sp³-hybridized carbons (Fsp3) is 0.714. The smallest absolute Gasteiger partial charge is 0.223 e. The molecule has 0 saturated heterocycles. The maximum absolute atomic E-state index is 11.0. The standard InChI is InChI=1S/C7H13N3O/c1-6(2-3-8)7(11)10-5-4-9/h6H,2-3,5,8H2,1H3,(H,10,11). The minimum atomic E-state index is -0.1000. The van der Waals surface area contributed by atoms with E-state index in [2.05, 4.69) is 5.32 Å². The largest absolute Gasteiger partial charge is 0.343 e. The summed E-state index contributed by atoms with van der Waals surface area (Å²) >= 11 is 0. The summed E-state index contributed by atoms with van der Waals surface area (Å²) in [6.45, 7) is 2.37. The van der Waals surface area contributed by atoms with Gasteiger partial charge in [0, 0.05) is 5.92 Å². The highest BCUT2D eigenvalue weighted by atomic mass is 16.1. The fourth-order valence-electron chi connectivity index (χ4n) is 0.682. The lowest BCUT2D eigenvalue weighted by Gasteiger charge is -2.07. The van der Waals surface area contributed by atoms with Crippen molar-refractivity contribution in [2.75, 3.05) is 13.1 Å². The number of carbonyl (C=O) groups is 1. The zero-order valence-electron chi connectivity index (χ0n) is 6.63. The van der Waals surface area contributed by atoms with Crippen LogP contribution >= 0.6 is 0 Å². The highest BCUT2D eigenvalue weighted by Crippen LogP contribution is 1.98. The van der Waals surface area contributed by atoms with Crippen molar-refractivity contribution < 1.29 is 4.79 Å². The predicted molar refractivity (Wildman–Crippen MR) is 41.5 cm³/mol. The van der Waals surface area contributed by atoms with Gasteiger partial charge < -0.3 is 11.1 Å². The molecule has 1 amide bonds. The maximum Gasteiger partial charge on any atom is 0.223 e. The summed E-state index contributed by atoms with van der Waals surface area (Å²) in [5, 5.41) is 10.6. The molecule has 0 radical (unpaired) electrons. The van der Waals surface area contributed by atoms with Gasteiger partial charge >= 0.3 is 0 Å². The molecule has 0 rings (SSSR count). The Labute approximate surface area is 66.4 Å². The molecule has 0 saturated carbocycles. The van der Waals surface area contributed by atoms with E-state index < -0.39 is 0 Å². The van der Waals surface area contributed by atoms with Crippen LogP contribution in [0, 0.1) is 17.2 Å². The van der Waals surface area contributed by atoms with Gasteiger partial charge in [-0.2, -0.15) is 5.26 Å². The average molecular weight is 155 g/mol. The van der Waals surface area contributed by atoms with E-state index in [0.29, 0.717) is 13.0 Å². The molecule has 0 bridgehead atoms. The number of hydrogen-bond acceptors (Lipinski definition) is 3. The number of nitrogens with two attached hydrogens (primary N) is 1. The van der Waals surface area contributed by atoms with Crippen LogP contribution in [0.5, 0.6) is 0 Å².